The van der Waals surface area contributed by atoms with Crippen molar-refractivity contribution in [3.63, 3.8) is 0 Å². The van der Waals surface area contributed by atoms with Crippen LogP contribution >= 0.6 is 48.0 Å². The third kappa shape index (κ3) is 8.60. The van der Waals surface area contributed by atoms with Gasteiger partial charge < -0.3 is 10.2 Å². The van der Waals surface area contributed by atoms with Crippen molar-refractivity contribution in [1.82, 2.24) is 10.2 Å². The van der Waals surface area contributed by atoms with E-state index in [1.165, 1.54) is 57.3 Å². The maximum Gasteiger partial charge on any atom is 0.0595 e. The summed E-state index contributed by atoms with van der Waals surface area (Å²) in [7, 11) is 0. The second-order valence-electron chi connectivity index (χ2n) is 6.40. The molecular formula is C18H30Cl4N2. The Morgan fingerprint density at radius 2 is 1.96 bits per heavy atom. The summed E-state index contributed by atoms with van der Waals surface area (Å²) in [6.07, 6.45) is 6.70. The smallest absolute Gasteiger partial charge is 0.0595 e. The molecule has 1 unspecified atom stereocenters. The number of rotatable bonds is 8. The van der Waals surface area contributed by atoms with Crippen LogP contribution in [0.15, 0.2) is 18.2 Å². The molecule has 1 aliphatic rings. The average molecular weight is 416 g/mol. The highest BCUT2D eigenvalue weighted by atomic mass is 35.5. The molecule has 0 aliphatic carbocycles. The van der Waals surface area contributed by atoms with Crippen molar-refractivity contribution in [3.05, 3.63) is 33.8 Å². The number of nitrogens with zero attached hydrogens (tertiary/aromatic N) is 1. The molecule has 2 rings (SSSR count). The van der Waals surface area contributed by atoms with Crippen molar-refractivity contribution in [2.24, 2.45) is 5.92 Å². The maximum absolute atomic E-state index is 6.05. The fraction of sp³-hybridized carbons (Fsp3) is 0.667. The predicted molar refractivity (Wildman–Crippen MR) is 111 cm³/mol. The minimum atomic E-state index is 0. The van der Waals surface area contributed by atoms with Crippen LogP contribution in [0.1, 0.15) is 44.6 Å². The number of halogens is 4. The lowest BCUT2D eigenvalue weighted by molar-refractivity contribution is 0.169. The minimum absolute atomic E-state index is 0. The highest BCUT2D eigenvalue weighted by Crippen LogP contribution is 2.22. The summed E-state index contributed by atoms with van der Waals surface area (Å²) >= 11 is 12.0. The zero-order valence-electron chi connectivity index (χ0n) is 14.4. The molecule has 0 bridgehead atoms. The summed E-state index contributed by atoms with van der Waals surface area (Å²) in [4.78, 5) is 2.64. The van der Waals surface area contributed by atoms with Gasteiger partial charge in [-0.2, -0.15) is 0 Å². The molecule has 6 heteroatoms. The van der Waals surface area contributed by atoms with Gasteiger partial charge in [-0.3, -0.25) is 0 Å². The minimum Gasteiger partial charge on any atom is -0.312 e. The van der Waals surface area contributed by atoms with Gasteiger partial charge in [-0.1, -0.05) is 49.0 Å². The van der Waals surface area contributed by atoms with Gasteiger partial charge in [0, 0.05) is 13.1 Å². The lowest BCUT2D eigenvalue weighted by Gasteiger charge is -2.33. The van der Waals surface area contributed by atoms with Gasteiger partial charge in [-0.05, 0) is 62.5 Å². The highest BCUT2D eigenvalue weighted by molar-refractivity contribution is 6.42. The van der Waals surface area contributed by atoms with Gasteiger partial charge in [0.05, 0.1) is 10.0 Å². The molecule has 1 heterocycles. The molecule has 140 valence electrons. The van der Waals surface area contributed by atoms with Gasteiger partial charge in [0.25, 0.3) is 0 Å². The van der Waals surface area contributed by atoms with Crippen LogP contribution < -0.4 is 5.32 Å². The average Bonchev–Trinajstić information content (AvgIpc) is 2.52. The lowest BCUT2D eigenvalue weighted by atomic mass is 9.97. The second-order valence-corrected chi connectivity index (χ2v) is 7.21. The molecule has 0 spiro atoms. The molecule has 0 amide bonds. The van der Waals surface area contributed by atoms with Crippen LogP contribution in [0.25, 0.3) is 0 Å². The first-order valence-electron chi connectivity index (χ1n) is 8.56. The van der Waals surface area contributed by atoms with Crippen LogP contribution in [0.2, 0.25) is 10.0 Å². The summed E-state index contributed by atoms with van der Waals surface area (Å²) in [6.45, 7) is 8.03. The van der Waals surface area contributed by atoms with Crippen LogP contribution in [0, 0.1) is 5.92 Å². The summed E-state index contributed by atoms with van der Waals surface area (Å²) < 4.78 is 0. The molecule has 24 heavy (non-hydrogen) atoms. The SMILES string of the molecule is CCCCCN1CCCC(CNCc2ccc(Cl)c(Cl)c2)C1.Cl.Cl. The van der Waals surface area contributed by atoms with Crippen LogP contribution in [-0.2, 0) is 6.54 Å². The van der Waals surface area contributed by atoms with Crippen molar-refractivity contribution in [2.45, 2.75) is 45.6 Å². The molecular weight excluding hydrogens is 386 g/mol. The van der Waals surface area contributed by atoms with Crippen molar-refractivity contribution >= 4 is 48.0 Å². The molecule has 1 fully saturated rings. The molecule has 0 aromatic heterocycles. The number of benzene rings is 1. The molecule has 1 N–H and O–H groups in total. The van der Waals surface area contributed by atoms with Crippen molar-refractivity contribution < 1.29 is 0 Å². The van der Waals surface area contributed by atoms with E-state index in [4.69, 9.17) is 23.2 Å². The summed E-state index contributed by atoms with van der Waals surface area (Å²) in [5.74, 6) is 0.776. The van der Waals surface area contributed by atoms with Crippen LogP contribution in [0.5, 0.6) is 0 Å². The Hall–Kier alpha value is 0.300. The van der Waals surface area contributed by atoms with E-state index < -0.39 is 0 Å². The van der Waals surface area contributed by atoms with E-state index in [9.17, 15) is 0 Å². The van der Waals surface area contributed by atoms with E-state index in [1.54, 1.807) is 0 Å². The standard InChI is InChI=1S/C18H28Cl2N2.2ClH/c1-2-3-4-9-22-10-5-6-16(14-22)13-21-12-15-7-8-17(19)18(20)11-15;;/h7-8,11,16,21H,2-6,9-10,12-14H2,1H3;2*1H. The van der Waals surface area contributed by atoms with E-state index >= 15 is 0 Å². The van der Waals surface area contributed by atoms with Crippen molar-refractivity contribution in [1.29, 1.82) is 0 Å². The molecule has 1 aliphatic heterocycles. The highest BCUT2D eigenvalue weighted by Gasteiger charge is 2.18. The van der Waals surface area contributed by atoms with Gasteiger partial charge in [0.1, 0.15) is 0 Å². The number of hydrogen-bond acceptors (Lipinski definition) is 2. The van der Waals surface area contributed by atoms with E-state index in [0.29, 0.717) is 10.0 Å². The van der Waals surface area contributed by atoms with E-state index in [1.807, 2.05) is 18.2 Å². The Bertz CT molecular complexity index is 457. The first kappa shape index (κ1) is 24.3. The van der Waals surface area contributed by atoms with Gasteiger partial charge in [0.2, 0.25) is 0 Å². The Labute approximate surface area is 169 Å². The van der Waals surface area contributed by atoms with E-state index in [2.05, 4.69) is 17.1 Å². The number of hydrogen-bond donors (Lipinski definition) is 1. The van der Waals surface area contributed by atoms with Crippen LogP contribution in [0.3, 0.4) is 0 Å². The Balaban J connectivity index is 0.00000264. The Morgan fingerprint density at radius 3 is 2.67 bits per heavy atom. The first-order valence-corrected chi connectivity index (χ1v) is 9.31. The Morgan fingerprint density at radius 1 is 1.17 bits per heavy atom. The van der Waals surface area contributed by atoms with Gasteiger partial charge >= 0.3 is 0 Å². The maximum atomic E-state index is 6.05. The van der Waals surface area contributed by atoms with Gasteiger partial charge in [0.15, 0.2) is 0 Å². The zero-order valence-corrected chi connectivity index (χ0v) is 17.5. The number of likely N-dealkylation sites (tertiary alicyclic amines) is 1. The van der Waals surface area contributed by atoms with Gasteiger partial charge in [-0.25, -0.2) is 0 Å². The largest absolute Gasteiger partial charge is 0.312 e. The number of unbranched alkanes of at least 4 members (excludes halogenated alkanes) is 2. The molecule has 2 nitrogen and oxygen atoms in total. The molecule has 0 radical (unpaired) electrons. The zero-order chi connectivity index (χ0) is 15.8. The summed E-state index contributed by atoms with van der Waals surface area (Å²) in [6, 6.07) is 5.87. The summed E-state index contributed by atoms with van der Waals surface area (Å²) in [5, 5.41) is 4.84. The lowest BCUT2D eigenvalue weighted by Crippen LogP contribution is -2.39. The van der Waals surface area contributed by atoms with Gasteiger partial charge in [-0.15, -0.1) is 24.8 Å². The molecule has 1 aromatic rings. The molecule has 1 aromatic carbocycles. The van der Waals surface area contributed by atoms with Crippen LogP contribution in [0.4, 0.5) is 0 Å². The number of nitrogens with one attached hydrogen (secondary N) is 1. The van der Waals surface area contributed by atoms with Crippen molar-refractivity contribution in [2.75, 3.05) is 26.2 Å². The van der Waals surface area contributed by atoms with Crippen LogP contribution in [-0.4, -0.2) is 31.1 Å². The third-order valence-electron chi connectivity index (χ3n) is 4.43. The van der Waals surface area contributed by atoms with E-state index in [-0.39, 0.29) is 24.8 Å². The normalized spacial score (nSPS) is 17.9. The molecule has 1 saturated heterocycles. The fourth-order valence-corrected chi connectivity index (χ4v) is 3.50. The predicted octanol–water partition coefficient (Wildman–Crippen LogP) is 5.83. The molecule has 1 atom stereocenters. The molecule has 0 saturated carbocycles. The second kappa shape index (κ2) is 13.5. The first-order chi connectivity index (χ1) is 10.7. The van der Waals surface area contributed by atoms with Crippen molar-refractivity contribution in [3.8, 4) is 0 Å². The monoisotopic (exact) mass is 414 g/mol. The summed E-state index contributed by atoms with van der Waals surface area (Å²) in [5.41, 5.74) is 1.20. The topological polar surface area (TPSA) is 15.3 Å². The van der Waals surface area contributed by atoms with E-state index in [0.717, 1.165) is 19.0 Å². The third-order valence-corrected chi connectivity index (χ3v) is 5.17. The fourth-order valence-electron chi connectivity index (χ4n) is 3.18. The Kier molecular flexibility index (Phi) is 13.7. The quantitative estimate of drug-likeness (QED) is 0.537. The number of piperidine rings is 1.